The lowest BCUT2D eigenvalue weighted by atomic mass is 9.77. The van der Waals surface area contributed by atoms with Gasteiger partial charge in [-0.05, 0) is 72.6 Å². The molecule has 0 nitrogen and oxygen atoms in total. The van der Waals surface area contributed by atoms with Gasteiger partial charge in [0.1, 0.15) is 5.83 Å². The van der Waals surface area contributed by atoms with E-state index in [2.05, 4.69) is 6.92 Å². The fourth-order valence-electron chi connectivity index (χ4n) is 5.20. The van der Waals surface area contributed by atoms with E-state index in [9.17, 15) is 4.39 Å². The second kappa shape index (κ2) is 10.6. The van der Waals surface area contributed by atoms with Crippen molar-refractivity contribution in [2.24, 2.45) is 11.8 Å². The van der Waals surface area contributed by atoms with Gasteiger partial charge in [0, 0.05) is 11.1 Å². The average Bonchev–Trinajstić information content (AvgIpc) is 2.82. The van der Waals surface area contributed by atoms with Gasteiger partial charge in [0.15, 0.2) is 11.6 Å². The van der Waals surface area contributed by atoms with Crippen molar-refractivity contribution in [2.45, 2.75) is 64.7 Å². The van der Waals surface area contributed by atoms with Gasteiger partial charge in [0.2, 0.25) is 0 Å². The molecule has 0 radical (unpaired) electrons. The summed E-state index contributed by atoms with van der Waals surface area (Å²) >= 11 is 0. The Labute approximate surface area is 195 Å². The van der Waals surface area contributed by atoms with Gasteiger partial charge in [0.25, 0.3) is 0 Å². The fourth-order valence-corrected chi connectivity index (χ4v) is 5.20. The Morgan fingerprint density at radius 2 is 1.61 bits per heavy atom. The molecule has 33 heavy (non-hydrogen) atoms. The number of benzene rings is 2. The number of hydrogen-bond acceptors (Lipinski definition) is 0. The standard InChI is InChI=1S/C30H33F3/c1-3-4-21-6-12-23(13-7-21)26-17-18-27(30(33)29(26)32)24-14-8-22(9-15-24)10-16-25-11-5-20(2)19-28(25)31/h8-11,14-21,23H,3-7,12-13H2,1-2H3/b16-10+. The molecule has 0 aromatic heterocycles. The number of rotatable bonds is 6. The maximum absolute atomic E-state index is 15.0. The minimum Gasteiger partial charge on any atom is -0.207 e. The van der Waals surface area contributed by atoms with Gasteiger partial charge in [0.05, 0.1) is 0 Å². The number of allylic oxidation sites excluding steroid dienone is 5. The molecule has 0 heterocycles. The largest absolute Gasteiger partial charge is 0.207 e. The SMILES string of the molecule is CCCC1CCC(c2ccc(-c3ccc(/C=C/C4=CCC(C)C=C4F)cc3)c(F)c2F)CC1. The predicted octanol–water partition coefficient (Wildman–Crippen LogP) is 9.54. The van der Waals surface area contributed by atoms with Crippen LogP contribution in [0.25, 0.3) is 17.2 Å². The third-order valence-corrected chi connectivity index (χ3v) is 7.19. The van der Waals surface area contributed by atoms with E-state index in [-0.39, 0.29) is 23.2 Å². The zero-order valence-electron chi connectivity index (χ0n) is 19.6. The average molecular weight is 451 g/mol. The van der Waals surface area contributed by atoms with E-state index in [1.54, 1.807) is 36.4 Å². The predicted molar refractivity (Wildman–Crippen MR) is 131 cm³/mol. The highest BCUT2D eigenvalue weighted by Gasteiger charge is 2.26. The van der Waals surface area contributed by atoms with Gasteiger partial charge in [-0.1, -0.05) is 81.3 Å². The maximum atomic E-state index is 15.0. The Bertz CT molecular complexity index is 1050. The van der Waals surface area contributed by atoms with Crippen molar-refractivity contribution < 1.29 is 13.2 Å². The van der Waals surface area contributed by atoms with Crippen LogP contribution in [0.15, 0.2) is 66.0 Å². The molecule has 1 unspecified atom stereocenters. The second-order valence-electron chi connectivity index (χ2n) is 9.68. The normalized spacial score (nSPS) is 23.5. The van der Waals surface area contributed by atoms with Crippen LogP contribution < -0.4 is 0 Å². The van der Waals surface area contributed by atoms with Crippen LogP contribution in [0.1, 0.15) is 75.8 Å². The van der Waals surface area contributed by atoms with Gasteiger partial charge >= 0.3 is 0 Å². The Hall–Kier alpha value is -2.55. The Balaban J connectivity index is 1.47. The van der Waals surface area contributed by atoms with Gasteiger partial charge < -0.3 is 0 Å². The van der Waals surface area contributed by atoms with Crippen molar-refractivity contribution in [2.75, 3.05) is 0 Å². The second-order valence-corrected chi connectivity index (χ2v) is 9.68. The van der Waals surface area contributed by atoms with Crippen LogP contribution in [0.3, 0.4) is 0 Å². The molecule has 1 saturated carbocycles. The Kier molecular flexibility index (Phi) is 7.57. The zero-order chi connectivity index (χ0) is 23.4. The lowest BCUT2D eigenvalue weighted by Gasteiger charge is -2.29. The van der Waals surface area contributed by atoms with E-state index >= 15 is 8.78 Å². The molecule has 0 amide bonds. The van der Waals surface area contributed by atoms with Crippen LogP contribution in [-0.2, 0) is 0 Å². The molecule has 0 saturated heterocycles. The lowest BCUT2D eigenvalue weighted by molar-refractivity contribution is 0.303. The lowest BCUT2D eigenvalue weighted by Crippen LogP contribution is -2.14. The molecule has 0 spiro atoms. The molecule has 4 rings (SSSR count). The van der Waals surface area contributed by atoms with E-state index in [4.69, 9.17) is 0 Å². The first kappa shape index (κ1) is 23.6. The number of hydrogen-bond donors (Lipinski definition) is 0. The summed E-state index contributed by atoms with van der Waals surface area (Å²) in [7, 11) is 0. The first-order chi connectivity index (χ1) is 16.0. The van der Waals surface area contributed by atoms with Crippen LogP contribution in [-0.4, -0.2) is 0 Å². The van der Waals surface area contributed by atoms with E-state index in [1.165, 1.54) is 12.8 Å². The van der Waals surface area contributed by atoms with Crippen molar-refractivity contribution in [3.63, 3.8) is 0 Å². The maximum Gasteiger partial charge on any atom is 0.166 e. The van der Waals surface area contributed by atoms with Crippen molar-refractivity contribution in [1.82, 2.24) is 0 Å². The summed E-state index contributed by atoms with van der Waals surface area (Å²) in [5.41, 5.74) is 2.91. The van der Waals surface area contributed by atoms with Gasteiger partial charge in [-0.25, -0.2) is 13.2 Å². The van der Waals surface area contributed by atoms with E-state index in [0.717, 1.165) is 43.6 Å². The summed E-state index contributed by atoms with van der Waals surface area (Å²) in [5.74, 6) is -0.592. The molecule has 2 aliphatic carbocycles. The van der Waals surface area contributed by atoms with E-state index in [1.807, 2.05) is 31.2 Å². The van der Waals surface area contributed by atoms with Gasteiger partial charge in [-0.3, -0.25) is 0 Å². The van der Waals surface area contributed by atoms with Crippen LogP contribution in [0, 0.1) is 23.5 Å². The minimum atomic E-state index is -0.764. The van der Waals surface area contributed by atoms with E-state index < -0.39 is 11.6 Å². The summed E-state index contributed by atoms with van der Waals surface area (Å²) in [5, 5.41) is 0. The van der Waals surface area contributed by atoms with Gasteiger partial charge in [-0.15, -0.1) is 0 Å². The molecule has 2 aromatic rings. The molecule has 0 bridgehead atoms. The fraction of sp³-hybridized carbons (Fsp3) is 0.400. The molecule has 3 heteroatoms. The van der Waals surface area contributed by atoms with Crippen molar-refractivity contribution >= 4 is 6.08 Å². The summed E-state index contributed by atoms with van der Waals surface area (Å²) in [6.45, 7) is 4.19. The first-order valence-electron chi connectivity index (χ1n) is 12.3. The monoisotopic (exact) mass is 450 g/mol. The molecular weight excluding hydrogens is 417 g/mol. The topological polar surface area (TPSA) is 0 Å². The highest BCUT2D eigenvalue weighted by molar-refractivity contribution is 5.67. The van der Waals surface area contributed by atoms with Crippen LogP contribution in [0.2, 0.25) is 0 Å². The molecule has 2 aliphatic rings. The minimum absolute atomic E-state index is 0.112. The third kappa shape index (κ3) is 5.51. The summed E-state index contributed by atoms with van der Waals surface area (Å²) in [6, 6.07) is 10.8. The first-order valence-corrected chi connectivity index (χ1v) is 12.3. The molecule has 2 aromatic carbocycles. The Morgan fingerprint density at radius 3 is 2.27 bits per heavy atom. The smallest absolute Gasteiger partial charge is 0.166 e. The zero-order valence-corrected chi connectivity index (χ0v) is 19.6. The van der Waals surface area contributed by atoms with Gasteiger partial charge in [-0.2, -0.15) is 0 Å². The quantitative estimate of drug-likeness (QED) is 0.411. The summed E-state index contributed by atoms with van der Waals surface area (Å²) in [6.07, 6.45) is 14.5. The summed E-state index contributed by atoms with van der Waals surface area (Å²) < 4.78 is 44.1. The van der Waals surface area contributed by atoms with Crippen molar-refractivity contribution in [3.05, 3.63) is 88.8 Å². The van der Waals surface area contributed by atoms with Crippen molar-refractivity contribution in [3.8, 4) is 11.1 Å². The third-order valence-electron chi connectivity index (χ3n) is 7.19. The van der Waals surface area contributed by atoms with Crippen molar-refractivity contribution in [1.29, 1.82) is 0 Å². The van der Waals surface area contributed by atoms with Crippen LogP contribution >= 0.6 is 0 Å². The van der Waals surface area contributed by atoms with E-state index in [0.29, 0.717) is 16.7 Å². The van der Waals surface area contributed by atoms with Crippen LogP contribution in [0.5, 0.6) is 0 Å². The number of halogens is 3. The molecule has 0 aliphatic heterocycles. The summed E-state index contributed by atoms with van der Waals surface area (Å²) in [4.78, 5) is 0. The highest BCUT2D eigenvalue weighted by atomic mass is 19.2. The molecule has 1 fully saturated rings. The molecular formula is C30H33F3. The highest BCUT2D eigenvalue weighted by Crippen LogP contribution is 2.40. The molecule has 174 valence electrons. The molecule has 0 N–H and O–H groups in total. The Morgan fingerprint density at radius 1 is 0.879 bits per heavy atom. The molecule has 1 atom stereocenters. The van der Waals surface area contributed by atoms with Crippen LogP contribution in [0.4, 0.5) is 13.2 Å².